The zero-order valence-corrected chi connectivity index (χ0v) is 15.6. The van der Waals surface area contributed by atoms with Gasteiger partial charge in [0.25, 0.3) is 0 Å². The van der Waals surface area contributed by atoms with E-state index in [1.807, 2.05) is 55.5 Å². The summed E-state index contributed by atoms with van der Waals surface area (Å²) in [4.78, 5) is 22.8. The van der Waals surface area contributed by atoms with Gasteiger partial charge in [0.05, 0.1) is 19.6 Å². The maximum absolute atomic E-state index is 12.4. The number of nitrogens with one attached hydrogen (secondary N) is 1. The summed E-state index contributed by atoms with van der Waals surface area (Å²) in [6.45, 7) is 2.64. The Morgan fingerprint density at radius 3 is 2.52 bits per heavy atom. The van der Waals surface area contributed by atoms with Crippen molar-refractivity contribution in [2.45, 2.75) is 32.2 Å². The summed E-state index contributed by atoms with van der Waals surface area (Å²) in [6.07, 6.45) is 0.560. The van der Waals surface area contributed by atoms with Crippen molar-refractivity contribution in [1.29, 1.82) is 0 Å². The van der Waals surface area contributed by atoms with Gasteiger partial charge in [0.2, 0.25) is 5.91 Å². The van der Waals surface area contributed by atoms with Crippen LogP contribution in [0, 0.1) is 0 Å². The molecule has 0 radical (unpaired) electrons. The van der Waals surface area contributed by atoms with Crippen molar-refractivity contribution in [2.24, 2.45) is 0 Å². The number of benzene rings is 2. The van der Waals surface area contributed by atoms with Crippen LogP contribution >= 0.6 is 0 Å². The van der Waals surface area contributed by atoms with Gasteiger partial charge in [-0.1, -0.05) is 24.3 Å². The SMILES string of the molecule is COc1cccc(C(C)C(=O)NCc2ccc(OCCCC(=O)O)cc2)c1. The molecule has 0 heterocycles. The Hall–Kier alpha value is -3.02. The number of amides is 1. The summed E-state index contributed by atoms with van der Waals surface area (Å²) in [5.41, 5.74) is 1.86. The van der Waals surface area contributed by atoms with E-state index in [0.29, 0.717) is 25.3 Å². The molecular weight excluding hydrogens is 346 g/mol. The predicted molar refractivity (Wildman–Crippen MR) is 102 cm³/mol. The summed E-state index contributed by atoms with van der Waals surface area (Å²) < 4.78 is 10.7. The lowest BCUT2D eigenvalue weighted by Gasteiger charge is -2.14. The average molecular weight is 371 g/mol. The number of hydrogen-bond acceptors (Lipinski definition) is 4. The number of methoxy groups -OCH3 is 1. The minimum absolute atomic E-state index is 0.0581. The van der Waals surface area contributed by atoms with Crippen LogP contribution in [0.5, 0.6) is 11.5 Å². The maximum Gasteiger partial charge on any atom is 0.303 e. The van der Waals surface area contributed by atoms with Crippen LogP contribution in [0.15, 0.2) is 48.5 Å². The zero-order valence-electron chi connectivity index (χ0n) is 15.6. The molecule has 1 amide bonds. The first-order valence-electron chi connectivity index (χ1n) is 8.85. The molecule has 2 N–H and O–H groups in total. The van der Waals surface area contributed by atoms with Crippen LogP contribution in [-0.4, -0.2) is 30.7 Å². The van der Waals surface area contributed by atoms with Gasteiger partial charge < -0.3 is 19.9 Å². The Balaban J connectivity index is 1.81. The highest BCUT2D eigenvalue weighted by atomic mass is 16.5. The fourth-order valence-electron chi connectivity index (χ4n) is 2.52. The van der Waals surface area contributed by atoms with Gasteiger partial charge in [0.15, 0.2) is 0 Å². The Kier molecular flexibility index (Phi) is 7.67. The van der Waals surface area contributed by atoms with E-state index in [9.17, 15) is 9.59 Å². The second kappa shape index (κ2) is 10.2. The van der Waals surface area contributed by atoms with E-state index >= 15 is 0 Å². The van der Waals surface area contributed by atoms with Crippen molar-refractivity contribution in [1.82, 2.24) is 5.32 Å². The number of carboxylic acids is 1. The van der Waals surface area contributed by atoms with Crippen molar-refractivity contribution in [3.63, 3.8) is 0 Å². The van der Waals surface area contributed by atoms with Crippen molar-refractivity contribution >= 4 is 11.9 Å². The molecule has 0 aliphatic rings. The molecular formula is C21H25NO5. The third-order valence-corrected chi connectivity index (χ3v) is 4.18. The molecule has 1 unspecified atom stereocenters. The normalized spacial score (nSPS) is 11.5. The lowest BCUT2D eigenvalue weighted by molar-refractivity contribution is -0.137. The molecule has 2 rings (SSSR count). The number of rotatable bonds is 10. The van der Waals surface area contributed by atoms with Gasteiger partial charge in [0.1, 0.15) is 11.5 Å². The molecule has 0 aliphatic heterocycles. The number of hydrogen-bond donors (Lipinski definition) is 2. The summed E-state index contributed by atoms with van der Waals surface area (Å²) in [6, 6.07) is 14.9. The highest BCUT2D eigenvalue weighted by Gasteiger charge is 2.15. The minimum atomic E-state index is -0.826. The molecule has 27 heavy (non-hydrogen) atoms. The lowest BCUT2D eigenvalue weighted by Crippen LogP contribution is -2.27. The molecule has 0 saturated carbocycles. The number of carboxylic acid groups (broad SMARTS) is 1. The number of carbonyl (C=O) groups excluding carboxylic acids is 1. The van der Waals surface area contributed by atoms with Crippen LogP contribution in [0.2, 0.25) is 0 Å². The maximum atomic E-state index is 12.4. The van der Waals surface area contributed by atoms with Crippen LogP contribution in [0.4, 0.5) is 0 Å². The van der Waals surface area contributed by atoms with Gasteiger partial charge in [-0.25, -0.2) is 0 Å². The Labute approximate surface area is 159 Å². The number of carbonyl (C=O) groups is 2. The zero-order chi connectivity index (χ0) is 19.6. The first-order valence-corrected chi connectivity index (χ1v) is 8.85. The predicted octanol–water partition coefficient (Wildman–Crippen LogP) is 3.36. The third-order valence-electron chi connectivity index (χ3n) is 4.18. The molecule has 144 valence electrons. The largest absolute Gasteiger partial charge is 0.497 e. The second-order valence-electron chi connectivity index (χ2n) is 6.21. The first kappa shape index (κ1) is 20.3. The molecule has 0 spiro atoms. The van der Waals surface area contributed by atoms with E-state index < -0.39 is 5.97 Å². The van der Waals surface area contributed by atoms with Gasteiger partial charge in [-0.15, -0.1) is 0 Å². The molecule has 6 nitrogen and oxygen atoms in total. The van der Waals surface area contributed by atoms with E-state index in [-0.39, 0.29) is 18.2 Å². The van der Waals surface area contributed by atoms with Gasteiger partial charge in [-0.2, -0.15) is 0 Å². The van der Waals surface area contributed by atoms with Crippen LogP contribution in [0.1, 0.15) is 36.8 Å². The second-order valence-corrected chi connectivity index (χ2v) is 6.21. The standard InChI is InChI=1S/C21H25NO5/c1-15(17-5-3-6-19(13-17)26-2)21(25)22-14-16-8-10-18(11-9-16)27-12-4-7-20(23)24/h3,5-6,8-11,13,15H,4,7,12,14H2,1-2H3,(H,22,25)(H,23,24). The molecule has 2 aromatic rings. The van der Waals surface area contributed by atoms with E-state index in [1.54, 1.807) is 7.11 Å². The van der Waals surface area contributed by atoms with Crippen molar-refractivity contribution < 1.29 is 24.2 Å². The molecule has 6 heteroatoms. The highest BCUT2D eigenvalue weighted by molar-refractivity contribution is 5.83. The monoisotopic (exact) mass is 371 g/mol. The van der Waals surface area contributed by atoms with Crippen molar-refractivity contribution in [3.05, 3.63) is 59.7 Å². The van der Waals surface area contributed by atoms with Crippen LogP contribution in [-0.2, 0) is 16.1 Å². The first-order chi connectivity index (χ1) is 13.0. The molecule has 0 saturated heterocycles. The summed E-state index contributed by atoms with van der Waals surface area (Å²) in [5, 5.41) is 11.5. The van der Waals surface area contributed by atoms with Gasteiger partial charge in [-0.3, -0.25) is 9.59 Å². The highest BCUT2D eigenvalue weighted by Crippen LogP contribution is 2.21. The van der Waals surface area contributed by atoms with E-state index in [1.165, 1.54) is 0 Å². The van der Waals surface area contributed by atoms with Gasteiger partial charge in [-0.05, 0) is 48.7 Å². The summed E-state index contributed by atoms with van der Waals surface area (Å²) >= 11 is 0. The van der Waals surface area contributed by atoms with Crippen LogP contribution < -0.4 is 14.8 Å². The van der Waals surface area contributed by atoms with Gasteiger partial charge in [0, 0.05) is 13.0 Å². The summed E-state index contributed by atoms with van der Waals surface area (Å²) in [5.74, 6) is 0.244. The van der Waals surface area contributed by atoms with Crippen LogP contribution in [0.3, 0.4) is 0 Å². The van der Waals surface area contributed by atoms with E-state index in [4.69, 9.17) is 14.6 Å². The Morgan fingerprint density at radius 2 is 1.85 bits per heavy atom. The smallest absolute Gasteiger partial charge is 0.303 e. The minimum Gasteiger partial charge on any atom is -0.497 e. The Bertz CT molecular complexity index is 757. The number of aliphatic carboxylic acids is 1. The summed E-state index contributed by atoms with van der Waals surface area (Å²) in [7, 11) is 1.60. The number of ether oxygens (including phenoxy) is 2. The quantitative estimate of drug-likeness (QED) is 0.626. The van der Waals surface area contributed by atoms with Crippen molar-refractivity contribution in [3.8, 4) is 11.5 Å². The van der Waals surface area contributed by atoms with E-state index in [2.05, 4.69) is 5.32 Å². The average Bonchev–Trinajstić information content (AvgIpc) is 2.69. The molecule has 0 aliphatic carbocycles. The molecule has 0 aromatic heterocycles. The fourth-order valence-corrected chi connectivity index (χ4v) is 2.52. The van der Waals surface area contributed by atoms with Gasteiger partial charge >= 0.3 is 5.97 Å². The topological polar surface area (TPSA) is 84.9 Å². The molecule has 0 fully saturated rings. The molecule has 1 atom stereocenters. The third kappa shape index (κ3) is 6.66. The van der Waals surface area contributed by atoms with E-state index in [0.717, 1.165) is 16.9 Å². The lowest BCUT2D eigenvalue weighted by atomic mass is 10.00. The fraction of sp³-hybridized carbons (Fsp3) is 0.333. The van der Waals surface area contributed by atoms with Crippen molar-refractivity contribution in [2.75, 3.05) is 13.7 Å². The molecule has 0 bridgehead atoms. The molecule has 2 aromatic carbocycles. The Morgan fingerprint density at radius 1 is 1.11 bits per heavy atom. The van der Waals surface area contributed by atoms with Crippen LogP contribution in [0.25, 0.3) is 0 Å².